The lowest BCUT2D eigenvalue weighted by Gasteiger charge is -2.27. The number of nitrogens with one attached hydrogen (secondary N) is 1. The molecule has 0 aromatic carbocycles. The summed E-state index contributed by atoms with van der Waals surface area (Å²) in [5.41, 5.74) is 6.78. The van der Waals surface area contributed by atoms with Gasteiger partial charge in [-0.25, -0.2) is 0 Å². The van der Waals surface area contributed by atoms with E-state index in [0.717, 1.165) is 32.1 Å². The third-order valence-corrected chi connectivity index (χ3v) is 4.71. The van der Waals surface area contributed by atoms with E-state index in [1.54, 1.807) is 12.4 Å². The smallest absolute Gasteiger partial charge is 0.240 e. The summed E-state index contributed by atoms with van der Waals surface area (Å²) in [7, 11) is 0. The van der Waals surface area contributed by atoms with Gasteiger partial charge in [-0.2, -0.15) is 0 Å². The van der Waals surface area contributed by atoms with Crippen LogP contribution in [-0.4, -0.2) is 35.7 Å². The van der Waals surface area contributed by atoms with Crippen LogP contribution in [0.4, 0.5) is 0 Å². The molecule has 1 amide bonds. The average molecular weight is 362 g/mol. The molecule has 7 heteroatoms. The summed E-state index contributed by atoms with van der Waals surface area (Å²) >= 11 is 0. The molecule has 0 unspecified atom stereocenters. The number of halogens is 2. The molecule has 5 nitrogen and oxygen atoms in total. The van der Waals surface area contributed by atoms with Gasteiger partial charge in [0.25, 0.3) is 0 Å². The molecule has 1 aliphatic heterocycles. The van der Waals surface area contributed by atoms with E-state index in [4.69, 9.17) is 10.5 Å². The molecule has 2 fully saturated rings. The number of hydrogen-bond donors (Lipinski definition) is 2. The molecule has 2 atom stereocenters. The van der Waals surface area contributed by atoms with Crippen molar-refractivity contribution in [2.75, 3.05) is 13.2 Å². The molecular formula is C16H25Cl2N3O2. The molecule has 23 heavy (non-hydrogen) atoms. The van der Waals surface area contributed by atoms with Crippen LogP contribution in [0.25, 0.3) is 0 Å². The Balaban J connectivity index is 0.00000132. The highest BCUT2D eigenvalue weighted by Gasteiger charge is 2.39. The van der Waals surface area contributed by atoms with Gasteiger partial charge in [-0.3, -0.25) is 9.78 Å². The fourth-order valence-corrected chi connectivity index (χ4v) is 3.33. The molecule has 1 aromatic rings. The van der Waals surface area contributed by atoms with Gasteiger partial charge in [-0.15, -0.1) is 24.8 Å². The van der Waals surface area contributed by atoms with Crippen LogP contribution in [0.5, 0.6) is 0 Å². The van der Waals surface area contributed by atoms with Crippen LogP contribution in [0.3, 0.4) is 0 Å². The Morgan fingerprint density at radius 3 is 2.57 bits per heavy atom. The van der Waals surface area contributed by atoms with Crippen LogP contribution >= 0.6 is 24.8 Å². The number of nitrogens with zero attached hydrogens (tertiary/aromatic N) is 1. The summed E-state index contributed by atoms with van der Waals surface area (Å²) in [5.74, 6) is 0.302. The number of ether oxygens (including phenoxy) is 1. The number of carbonyl (C=O) groups is 1. The topological polar surface area (TPSA) is 77.2 Å². The quantitative estimate of drug-likeness (QED) is 0.857. The molecule has 1 aliphatic carbocycles. The fraction of sp³-hybridized carbons (Fsp3) is 0.625. The van der Waals surface area contributed by atoms with Crippen molar-refractivity contribution in [1.82, 2.24) is 10.3 Å². The number of pyridine rings is 1. The Bertz CT molecular complexity index is 495. The van der Waals surface area contributed by atoms with E-state index in [9.17, 15) is 4.79 Å². The van der Waals surface area contributed by atoms with Gasteiger partial charge < -0.3 is 15.8 Å². The highest BCUT2D eigenvalue weighted by atomic mass is 35.5. The van der Waals surface area contributed by atoms with Crippen LogP contribution in [0.2, 0.25) is 0 Å². The summed E-state index contributed by atoms with van der Waals surface area (Å²) in [4.78, 5) is 16.5. The fourth-order valence-electron chi connectivity index (χ4n) is 3.33. The number of aromatic nitrogens is 1. The van der Waals surface area contributed by atoms with Crippen molar-refractivity contribution >= 4 is 30.7 Å². The van der Waals surface area contributed by atoms with E-state index >= 15 is 0 Å². The minimum absolute atomic E-state index is 0. The predicted octanol–water partition coefficient (Wildman–Crippen LogP) is 1.87. The van der Waals surface area contributed by atoms with Crippen LogP contribution in [-0.2, 0) is 16.0 Å². The number of carbonyl (C=O) groups excluding carboxylic acids is 1. The first-order chi connectivity index (χ1) is 10.2. The Labute approximate surface area is 149 Å². The molecule has 3 N–H and O–H groups in total. The molecule has 3 rings (SSSR count). The van der Waals surface area contributed by atoms with Crippen molar-refractivity contribution in [2.24, 2.45) is 11.7 Å². The Kier molecular flexibility index (Phi) is 7.74. The van der Waals surface area contributed by atoms with E-state index in [1.807, 2.05) is 12.1 Å². The molecule has 2 aliphatic rings. The zero-order chi connectivity index (χ0) is 14.7. The molecule has 130 valence electrons. The van der Waals surface area contributed by atoms with Gasteiger partial charge in [0.1, 0.15) is 0 Å². The predicted molar refractivity (Wildman–Crippen MR) is 94.1 cm³/mol. The van der Waals surface area contributed by atoms with Gasteiger partial charge in [-0.05, 0) is 37.0 Å². The van der Waals surface area contributed by atoms with E-state index < -0.39 is 5.54 Å². The van der Waals surface area contributed by atoms with Crippen molar-refractivity contribution in [3.63, 3.8) is 0 Å². The molecule has 0 radical (unpaired) electrons. The normalized spacial score (nSPS) is 25.3. The lowest BCUT2D eigenvalue weighted by atomic mass is 9.93. The lowest BCUT2D eigenvalue weighted by Crippen LogP contribution is -2.55. The zero-order valence-electron chi connectivity index (χ0n) is 13.1. The van der Waals surface area contributed by atoms with E-state index in [-0.39, 0.29) is 36.8 Å². The molecular weight excluding hydrogens is 337 g/mol. The number of hydrogen-bond acceptors (Lipinski definition) is 4. The first-order valence-corrected chi connectivity index (χ1v) is 7.74. The first-order valence-electron chi connectivity index (χ1n) is 7.74. The van der Waals surface area contributed by atoms with Crippen LogP contribution in [0, 0.1) is 5.92 Å². The number of rotatable bonds is 4. The summed E-state index contributed by atoms with van der Waals surface area (Å²) in [5, 5.41) is 3.13. The highest BCUT2D eigenvalue weighted by molar-refractivity contribution is 5.86. The first kappa shape index (κ1) is 20.2. The van der Waals surface area contributed by atoms with Crippen LogP contribution in [0.1, 0.15) is 31.2 Å². The van der Waals surface area contributed by atoms with Gasteiger partial charge in [0.05, 0.1) is 24.8 Å². The molecule has 0 bridgehead atoms. The van der Waals surface area contributed by atoms with Crippen molar-refractivity contribution < 1.29 is 9.53 Å². The SMILES string of the molecule is Cl.Cl.NC1(C(=O)N[C@H]2COC[C@H]2Cc2ccncc2)CCCC1. The van der Waals surface area contributed by atoms with Crippen molar-refractivity contribution in [2.45, 2.75) is 43.7 Å². The van der Waals surface area contributed by atoms with E-state index in [2.05, 4.69) is 10.3 Å². The van der Waals surface area contributed by atoms with Crippen molar-refractivity contribution in [3.05, 3.63) is 30.1 Å². The second-order valence-corrected chi connectivity index (χ2v) is 6.30. The second-order valence-electron chi connectivity index (χ2n) is 6.30. The minimum Gasteiger partial charge on any atom is -0.379 e. The third-order valence-electron chi connectivity index (χ3n) is 4.71. The maximum absolute atomic E-state index is 12.4. The molecule has 0 spiro atoms. The largest absolute Gasteiger partial charge is 0.379 e. The van der Waals surface area contributed by atoms with Crippen LogP contribution in [0.15, 0.2) is 24.5 Å². The molecule has 1 saturated heterocycles. The van der Waals surface area contributed by atoms with Gasteiger partial charge in [0, 0.05) is 18.3 Å². The van der Waals surface area contributed by atoms with Crippen molar-refractivity contribution in [3.8, 4) is 0 Å². The maximum atomic E-state index is 12.4. The summed E-state index contributed by atoms with van der Waals surface area (Å²) in [6.45, 7) is 1.27. The van der Waals surface area contributed by atoms with Gasteiger partial charge in [0.15, 0.2) is 0 Å². The van der Waals surface area contributed by atoms with Gasteiger partial charge in [-0.1, -0.05) is 12.8 Å². The monoisotopic (exact) mass is 361 g/mol. The summed E-state index contributed by atoms with van der Waals surface area (Å²) < 4.78 is 5.57. The van der Waals surface area contributed by atoms with Gasteiger partial charge in [0.2, 0.25) is 5.91 Å². The van der Waals surface area contributed by atoms with Crippen molar-refractivity contribution in [1.29, 1.82) is 0 Å². The summed E-state index contributed by atoms with van der Waals surface area (Å²) in [6.07, 6.45) is 8.17. The number of amides is 1. The van der Waals surface area contributed by atoms with Crippen LogP contribution < -0.4 is 11.1 Å². The number of nitrogens with two attached hydrogens (primary N) is 1. The average Bonchev–Trinajstić information content (AvgIpc) is 3.11. The van der Waals surface area contributed by atoms with E-state index in [0.29, 0.717) is 19.1 Å². The summed E-state index contributed by atoms with van der Waals surface area (Å²) in [6, 6.07) is 4.09. The molecule has 2 heterocycles. The molecule has 1 saturated carbocycles. The Morgan fingerprint density at radius 2 is 1.91 bits per heavy atom. The standard InChI is InChI=1S/C16H23N3O2.2ClH/c17-16(5-1-2-6-16)15(20)19-14-11-21-10-13(14)9-12-3-7-18-8-4-12;;/h3-4,7-8,13-14H,1-2,5-6,9-11,17H2,(H,19,20);2*1H/t13-,14+;;/m1../s1. The zero-order valence-corrected chi connectivity index (χ0v) is 14.7. The lowest BCUT2D eigenvalue weighted by molar-refractivity contribution is -0.127. The maximum Gasteiger partial charge on any atom is 0.240 e. The Morgan fingerprint density at radius 1 is 1.26 bits per heavy atom. The van der Waals surface area contributed by atoms with Gasteiger partial charge >= 0.3 is 0 Å². The Hall–Kier alpha value is -0.880. The second kappa shape index (κ2) is 8.83. The third kappa shape index (κ3) is 4.80. The highest BCUT2D eigenvalue weighted by Crippen LogP contribution is 2.28. The van der Waals surface area contributed by atoms with E-state index in [1.165, 1.54) is 5.56 Å². The molecule has 1 aromatic heterocycles. The minimum atomic E-state index is -0.663.